The van der Waals surface area contributed by atoms with E-state index in [0.29, 0.717) is 68.7 Å². The lowest BCUT2D eigenvalue weighted by Gasteiger charge is -2.31. The Bertz CT molecular complexity index is 1370. The molecule has 4 heterocycles. The Balaban J connectivity index is 0.832. The number of fused-ring (bicyclic) bond motifs is 4. The Kier molecular flexibility index (Phi) is 13.5. The maximum atomic E-state index is 13.9. The van der Waals surface area contributed by atoms with E-state index in [9.17, 15) is 24.3 Å². The van der Waals surface area contributed by atoms with E-state index < -0.39 is 36.0 Å². The third kappa shape index (κ3) is 11.6. The topological polar surface area (TPSA) is 185 Å². The van der Waals surface area contributed by atoms with E-state index in [0.717, 1.165) is 77.0 Å². The van der Waals surface area contributed by atoms with Crippen molar-refractivity contribution in [2.75, 3.05) is 33.0 Å². The van der Waals surface area contributed by atoms with Crippen molar-refractivity contribution in [3.8, 4) is 0 Å². The van der Waals surface area contributed by atoms with Gasteiger partial charge in [0, 0.05) is 12.3 Å². The Labute approximate surface area is 329 Å². The zero-order chi connectivity index (χ0) is 38.6. The van der Waals surface area contributed by atoms with Crippen molar-refractivity contribution >= 4 is 23.9 Å². The summed E-state index contributed by atoms with van der Waals surface area (Å²) in [5.41, 5.74) is 0. The molecule has 1 N–H and O–H groups in total. The molecule has 15 unspecified atom stereocenters. The summed E-state index contributed by atoms with van der Waals surface area (Å²) in [5.74, 6) is -3.52. The second-order valence-corrected chi connectivity index (χ2v) is 18.0. The van der Waals surface area contributed by atoms with Gasteiger partial charge in [0.1, 0.15) is 0 Å². The molecule has 15 atom stereocenters. The van der Waals surface area contributed by atoms with Crippen molar-refractivity contribution < 1.29 is 66.9 Å². The van der Waals surface area contributed by atoms with Gasteiger partial charge in [0.2, 0.25) is 0 Å². The fourth-order valence-electron chi connectivity index (χ4n) is 9.79. The number of hydrogen-bond acceptors (Lipinski definition) is 14. The van der Waals surface area contributed by atoms with Gasteiger partial charge in [0.05, 0.1) is 101 Å². The van der Waals surface area contributed by atoms with Crippen LogP contribution in [-0.2, 0) is 61.8 Å². The monoisotopic (exact) mass is 790 g/mol. The van der Waals surface area contributed by atoms with Gasteiger partial charge in [0.15, 0.2) is 6.29 Å². The van der Waals surface area contributed by atoms with Crippen LogP contribution in [0.5, 0.6) is 0 Å². The lowest BCUT2D eigenvalue weighted by atomic mass is 9.85. The fraction of sp³-hybridized carbons (Fsp3) is 0.905. The van der Waals surface area contributed by atoms with Gasteiger partial charge in [0.25, 0.3) is 0 Å². The number of carbonyl (C=O) groups is 4. The molecule has 0 aromatic heterocycles. The summed E-state index contributed by atoms with van der Waals surface area (Å²) in [5, 5.41) is 11.6. The number of aliphatic hydroxyl groups excluding tert-OH is 1. The number of esters is 4. The molecule has 4 saturated carbocycles. The molecule has 8 fully saturated rings. The maximum absolute atomic E-state index is 13.9. The average molecular weight is 791 g/mol. The first kappa shape index (κ1) is 40.4. The Morgan fingerprint density at radius 3 is 1.48 bits per heavy atom. The van der Waals surface area contributed by atoms with Crippen molar-refractivity contribution in [2.45, 2.75) is 171 Å². The molecule has 8 rings (SSSR count). The zero-order valence-electron chi connectivity index (χ0n) is 32.7. The molecule has 4 saturated heterocycles. The SMILES string of the molecule is O=C(CCCCCOC(=O)CC(C(=O)OCC1CCC2OC2C1)C(CC(=O)OCC1CCC2OC2C1)C(O)OCC1CCC2OC2C1)OCC1CCC2OC2C1. The first-order valence-electron chi connectivity index (χ1n) is 21.8. The van der Waals surface area contributed by atoms with E-state index in [-0.39, 0.29) is 81.3 Å². The second-order valence-electron chi connectivity index (χ2n) is 18.0. The van der Waals surface area contributed by atoms with Gasteiger partial charge in [-0.05, 0) is 120 Å². The normalized spacial score (nSPS) is 37.5. The highest BCUT2D eigenvalue weighted by Gasteiger charge is 2.48. The quantitative estimate of drug-likeness (QED) is 0.0537. The highest BCUT2D eigenvalue weighted by atomic mass is 16.6. The number of epoxide rings is 4. The molecule has 8 aliphatic rings. The summed E-state index contributed by atoms with van der Waals surface area (Å²) < 4.78 is 51.2. The molecule has 0 aromatic carbocycles. The number of carbonyl (C=O) groups excluding carboxylic acids is 4. The smallest absolute Gasteiger partial charge is 0.310 e. The predicted molar refractivity (Wildman–Crippen MR) is 194 cm³/mol. The van der Waals surface area contributed by atoms with Crippen LogP contribution in [0.25, 0.3) is 0 Å². The molecule has 4 aliphatic heterocycles. The highest BCUT2D eigenvalue weighted by Crippen LogP contribution is 2.42. The average Bonchev–Trinajstić information content (AvgIpc) is 4.01. The summed E-state index contributed by atoms with van der Waals surface area (Å²) in [6, 6.07) is 0. The van der Waals surface area contributed by atoms with Crippen LogP contribution in [0.2, 0.25) is 0 Å². The van der Waals surface area contributed by atoms with E-state index in [4.69, 9.17) is 42.6 Å². The summed E-state index contributed by atoms with van der Waals surface area (Å²) in [6.45, 7) is 1.19. The second kappa shape index (κ2) is 18.7. The van der Waals surface area contributed by atoms with E-state index in [1.807, 2.05) is 0 Å². The first-order valence-corrected chi connectivity index (χ1v) is 21.8. The number of rotatable bonds is 22. The van der Waals surface area contributed by atoms with E-state index in [2.05, 4.69) is 0 Å². The number of aliphatic hydroxyl groups is 1. The molecule has 4 aliphatic carbocycles. The molecule has 0 bridgehead atoms. The molecule has 14 heteroatoms. The van der Waals surface area contributed by atoms with Crippen LogP contribution in [0.3, 0.4) is 0 Å². The van der Waals surface area contributed by atoms with Crippen molar-refractivity contribution in [2.24, 2.45) is 35.5 Å². The molecule has 0 amide bonds. The summed E-state index contributed by atoms with van der Waals surface area (Å²) in [4.78, 5) is 53.0. The van der Waals surface area contributed by atoms with Crippen LogP contribution in [0.4, 0.5) is 0 Å². The lowest BCUT2D eigenvalue weighted by Crippen LogP contribution is -2.40. The molecule has 314 valence electrons. The Morgan fingerprint density at radius 2 is 0.964 bits per heavy atom. The van der Waals surface area contributed by atoms with Crippen molar-refractivity contribution in [3.05, 3.63) is 0 Å². The van der Waals surface area contributed by atoms with E-state index >= 15 is 0 Å². The molecule has 0 radical (unpaired) electrons. The molecule has 0 aromatic rings. The Morgan fingerprint density at radius 1 is 0.500 bits per heavy atom. The van der Waals surface area contributed by atoms with Crippen LogP contribution in [-0.4, -0.2) is 117 Å². The van der Waals surface area contributed by atoms with Crippen molar-refractivity contribution in [1.29, 1.82) is 0 Å². The summed E-state index contributed by atoms with van der Waals surface area (Å²) in [7, 11) is 0. The van der Waals surface area contributed by atoms with Crippen LogP contribution in [0.15, 0.2) is 0 Å². The molecule has 0 spiro atoms. The lowest BCUT2D eigenvalue weighted by molar-refractivity contribution is -0.185. The third-order valence-electron chi connectivity index (χ3n) is 13.6. The van der Waals surface area contributed by atoms with E-state index in [1.165, 1.54) is 0 Å². The Hall–Kier alpha value is -2.36. The minimum atomic E-state index is -1.52. The largest absolute Gasteiger partial charge is 0.466 e. The fourth-order valence-corrected chi connectivity index (χ4v) is 9.79. The van der Waals surface area contributed by atoms with Gasteiger partial charge in [-0.2, -0.15) is 0 Å². The highest BCUT2D eigenvalue weighted by molar-refractivity contribution is 5.81. The van der Waals surface area contributed by atoms with Crippen LogP contribution < -0.4 is 0 Å². The van der Waals surface area contributed by atoms with Gasteiger partial charge in [-0.15, -0.1) is 0 Å². The first-order chi connectivity index (χ1) is 27.2. The van der Waals surface area contributed by atoms with E-state index in [1.54, 1.807) is 0 Å². The molecular formula is C42H62O14. The number of unbranched alkanes of at least 4 members (excludes halogenated alkanes) is 2. The molecule has 14 nitrogen and oxygen atoms in total. The number of hydrogen-bond donors (Lipinski definition) is 1. The van der Waals surface area contributed by atoms with Crippen LogP contribution in [0, 0.1) is 35.5 Å². The van der Waals surface area contributed by atoms with Gasteiger partial charge < -0.3 is 47.7 Å². The van der Waals surface area contributed by atoms with Gasteiger partial charge in [-0.25, -0.2) is 0 Å². The predicted octanol–water partition coefficient (Wildman–Crippen LogP) is 4.34. The van der Waals surface area contributed by atoms with Gasteiger partial charge >= 0.3 is 23.9 Å². The summed E-state index contributed by atoms with van der Waals surface area (Å²) >= 11 is 0. The van der Waals surface area contributed by atoms with Gasteiger partial charge in [-0.3, -0.25) is 19.2 Å². The number of ether oxygens (including phenoxy) is 9. The zero-order valence-corrected chi connectivity index (χ0v) is 32.7. The third-order valence-corrected chi connectivity index (χ3v) is 13.6. The van der Waals surface area contributed by atoms with Crippen LogP contribution >= 0.6 is 0 Å². The van der Waals surface area contributed by atoms with Crippen LogP contribution in [0.1, 0.15) is 116 Å². The van der Waals surface area contributed by atoms with Crippen molar-refractivity contribution in [3.63, 3.8) is 0 Å². The summed E-state index contributed by atoms with van der Waals surface area (Å²) in [6.07, 6.45) is 13.3. The molecular weight excluding hydrogens is 728 g/mol. The standard InChI is InChI=1S/C42H62O14/c43-38(49-20-24-5-9-30-34(14-24)53-30)4-2-1-3-13-48-39(44)18-28(41(46)51-22-26-7-11-32-36(16-26)55-32)29(42(47)52-23-27-8-12-33-37(17-27)56-33)19-40(45)50-21-25-6-10-31-35(15-25)54-31/h24-37,42,47H,1-23H2. The van der Waals surface area contributed by atoms with Gasteiger partial charge in [-0.1, -0.05) is 0 Å². The minimum absolute atomic E-state index is 0.107. The molecule has 56 heavy (non-hydrogen) atoms. The maximum Gasteiger partial charge on any atom is 0.310 e. The van der Waals surface area contributed by atoms with Crippen molar-refractivity contribution in [1.82, 2.24) is 0 Å². The minimum Gasteiger partial charge on any atom is -0.466 e.